The van der Waals surface area contributed by atoms with Crippen LogP contribution in [0.1, 0.15) is 35.3 Å². The van der Waals surface area contributed by atoms with Crippen molar-refractivity contribution in [3.05, 3.63) is 47.7 Å². The first kappa shape index (κ1) is 20.3. The lowest BCUT2D eigenvalue weighted by Gasteiger charge is -2.29. The fourth-order valence-corrected chi connectivity index (χ4v) is 3.56. The van der Waals surface area contributed by atoms with Gasteiger partial charge < -0.3 is 20.1 Å². The standard InChI is InChI=1S/C22H29N3O3/c1-16-9-10-20(28-2)21(24-16)17-6-3-7-18(14-17)22(27)23-11-5-13-25-12-4-8-19(26)15-25/h3,6-7,9-10,14,19,26H,4-5,8,11-13,15H2,1-2H3,(H,23,27)/t19-/m0/s1. The molecular formula is C22H29N3O3. The molecule has 28 heavy (non-hydrogen) atoms. The van der Waals surface area contributed by atoms with Gasteiger partial charge in [0.15, 0.2) is 0 Å². The normalized spacial score (nSPS) is 17.3. The molecule has 2 aromatic rings. The second kappa shape index (κ2) is 9.66. The van der Waals surface area contributed by atoms with Crippen molar-refractivity contribution >= 4 is 5.91 Å². The molecule has 0 bridgehead atoms. The van der Waals surface area contributed by atoms with E-state index in [-0.39, 0.29) is 12.0 Å². The number of nitrogens with zero attached hydrogens (tertiary/aromatic N) is 2. The zero-order valence-corrected chi connectivity index (χ0v) is 16.6. The molecule has 1 aromatic heterocycles. The van der Waals surface area contributed by atoms with Crippen molar-refractivity contribution in [1.29, 1.82) is 0 Å². The maximum atomic E-state index is 12.5. The van der Waals surface area contributed by atoms with Crippen LogP contribution >= 0.6 is 0 Å². The van der Waals surface area contributed by atoms with Gasteiger partial charge in [0, 0.05) is 29.9 Å². The summed E-state index contributed by atoms with van der Waals surface area (Å²) in [6.07, 6.45) is 2.59. The third kappa shape index (κ3) is 5.30. The second-order valence-electron chi connectivity index (χ2n) is 7.29. The molecule has 0 saturated carbocycles. The molecule has 2 heterocycles. The third-order valence-electron chi connectivity index (χ3n) is 5.03. The number of pyridine rings is 1. The van der Waals surface area contributed by atoms with Gasteiger partial charge in [0.05, 0.1) is 13.2 Å². The van der Waals surface area contributed by atoms with Gasteiger partial charge in [-0.1, -0.05) is 12.1 Å². The molecule has 150 valence electrons. The Bertz CT molecular complexity index is 809. The summed E-state index contributed by atoms with van der Waals surface area (Å²) in [6, 6.07) is 11.2. The number of hydrogen-bond donors (Lipinski definition) is 2. The average Bonchev–Trinajstić information content (AvgIpc) is 2.71. The summed E-state index contributed by atoms with van der Waals surface area (Å²) in [4.78, 5) is 19.4. The number of aliphatic hydroxyl groups excluding tert-OH is 1. The van der Waals surface area contributed by atoms with E-state index < -0.39 is 0 Å². The molecule has 1 amide bonds. The summed E-state index contributed by atoms with van der Waals surface area (Å²) in [6.45, 7) is 5.20. The first-order valence-electron chi connectivity index (χ1n) is 9.87. The highest BCUT2D eigenvalue weighted by Gasteiger charge is 2.17. The van der Waals surface area contributed by atoms with E-state index in [2.05, 4.69) is 15.2 Å². The molecule has 1 aromatic carbocycles. The number of aliphatic hydroxyl groups is 1. The van der Waals surface area contributed by atoms with Crippen LogP contribution in [0.5, 0.6) is 5.75 Å². The number of amides is 1. The maximum absolute atomic E-state index is 12.5. The van der Waals surface area contributed by atoms with Gasteiger partial charge in [-0.15, -0.1) is 0 Å². The quantitative estimate of drug-likeness (QED) is 0.719. The predicted octanol–water partition coefficient (Wildman–Crippen LogP) is 2.64. The Morgan fingerprint density at radius 1 is 1.36 bits per heavy atom. The number of β-amino-alcohol motifs (C(OH)–C–C–N with tert-alkyl or cyclic N) is 1. The summed E-state index contributed by atoms with van der Waals surface area (Å²) in [5.74, 6) is 0.596. The van der Waals surface area contributed by atoms with Gasteiger partial charge >= 0.3 is 0 Å². The van der Waals surface area contributed by atoms with Gasteiger partial charge in [-0.25, -0.2) is 4.98 Å². The number of carbonyl (C=O) groups is 1. The van der Waals surface area contributed by atoms with Crippen LogP contribution in [0, 0.1) is 6.92 Å². The first-order valence-corrected chi connectivity index (χ1v) is 9.87. The van der Waals surface area contributed by atoms with Gasteiger partial charge in [-0.3, -0.25) is 4.79 Å². The number of aromatic nitrogens is 1. The van der Waals surface area contributed by atoms with Gasteiger partial charge in [-0.2, -0.15) is 0 Å². The van der Waals surface area contributed by atoms with Gasteiger partial charge in [-0.05, 0) is 63.5 Å². The molecule has 1 aliphatic rings. The van der Waals surface area contributed by atoms with Crippen molar-refractivity contribution in [1.82, 2.24) is 15.2 Å². The Balaban J connectivity index is 1.58. The third-order valence-corrected chi connectivity index (χ3v) is 5.03. The first-order chi connectivity index (χ1) is 13.6. The van der Waals surface area contributed by atoms with Crippen molar-refractivity contribution < 1.29 is 14.6 Å². The summed E-state index contributed by atoms with van der Waals surface area (Å²) in [5, 5.41) is 12.7. The lowest BCUT2D eigenvalue weighted by Crippen LogP contribution is -2.39. The average molecular weight is 383 g/mol. The maximum Gasteiger partial charge on any atom is 0.251 e. The molecule has 1 atom stereocenters. The summed E-state index contributed by atoms with van der Waals surface area (Å²) in [7, 11) is 1.62. The van der Waals surface area contributed by atoms with E-state index in [1.807, 2.05) is 43.3 Å². The number of carbonyl (C=O) groups excluding carboxylic acids is 1. The highest BCUT2D eigenvalue weighted by atomic mass is 16.5. The molecular weight excluding hydrogens is 354 g/mol. The van der Waals surface area contributed by atoms with Crippen LogP contribution in [-0.2, 0) is 0 Å². The Hall–Kier alpha value is -2.44. The lowest BCUT2D eigenvalue weighted by atomic mass is 10.1. The van der Waals surface area contributed by atoms with Crippen molar-refractivity contribution in [2.24, 2.45) is 0 Å². The Labute approximate surface area is 166 Å². The zero-order chi connectivity index (χ0) is 19.9. The van der Waals surface area contributed by atoms with Crippen LogP contribution in [0.25, 0.3) is 11.3 Å². The minimum Gasteiger partial charge on any atom is -0.494 e. The minimum atomic E-state index is -0.210. The number of likely N-dealkylation sites (tertiary alicyclic amines) is 1. The number of nitrogens with one attached hydrogen (secondary N) is 1. The molecule has 1 aliphatic heterocycles. The number of benzene rings is 1. The largest absolute Gasteiger partial charge is 0.494 e. The van der Waals surface area contributed by atoms with Crippen LogP contribution in [0.2, 0.25) is 0 Å². The van der Waals surface area contributed by atoms with Crippen LogP contribution in [-0.4, -0.2) is 60.3 Å². The molecule has 1 saturated heterocycles. The number of rotatable bonds is 7. The molecule has 6 nitrogen and oxygen atoms in total. The zero-order valence-electron chi connectivity index (χ0n) is 16.6. The van der Waals surface area contributed by atoms with E-state index in [4.69, 9.17) is 4.74 Å². The number of methoxy groups -OCH3 is 1. The SMILES string of the molecule is COc1ccc(C)nc1-c1cccc(C(=O)NCCCN2CCC[C@H](O)C2)c1. The van der Waals surface area contributed by atoms with E-state index in [1.54, 1.807) is 7.11 Å². The van der Waals surface area contributed by atoms with Crippen molar-refractivity contribution in [3.63, 3.8) is 0 Å². The number of hydrogen-bond acceptors (Lipinski definition) is 5. The smallest absolute Gasteiger partial charge is 0.251 e. The molecule has 0 aliphatic carbocycles. The predicted molar refractivity (Wildman–Crippen MR) is 110 cm³/mol. The Kier molecular flexibility index (Phi) is 7.01. The van der Waals surface area contributed by atoms with Crippen LogP contribution in [0.15, 0.2) is 36.4 Å². The van der Waals surface area contributed by atoms with Gasteiger partial charge in [0.1, 0.15) is 11.4 Å². The fourth-order valence-electron chi connectivity index (χ4n) is 3.56. The Morgan fingerprint density at radius 3 is 3.00 bits per heavy atom. The second-order valence-corrected chi connectivity index (χ2v) is 7.29. The topological polar surface area (TPSA) is 74.7 Å². The monoisotopic (exact) mass is 383 g/mol. The van der Waals surface area contributed by atoms with Crippen LogP contribution in [0.3, 0.4) is 0 Å². The highest BCUT2D eigenvalue weighted by Crippen LogP contribution is 2.28. The Morgan fingerprint density at radius 2 is 2.21 bits per heavy atom. The van der Waals surface area contributed by atoms with E-state index in [1.165, 1.54) is 0 Å². The molecule has 0 radical (unpaired) electrons. The van der Waals surface area contributed by atoms with Gasteiger partial charge in [0.25, 0.3) is 5.91 Å². The van der Waals surface area contributed by atoms with E-state index in [9.17, 15) is 9.90 Å². The molecule has 1 fully saturated rings. The lowest BCUT2D eigenvalue weighted by molar-refractivity contribution is 0.0697. The summed E-state index contributed by atoms with van der Waals surface area (Å²) < 4.78 is 5.41. The minimum absolute atomic E-state index is 0.0906. The summed E-state index contributed by atoms with van der Waals surface area (Å²) in [5.41, 5.74) is 3.10. The molecule has 6 heteroatoms. The fraction of sp³-hybridized carbons (Fsp3) is 0.455. The number of ether oxygens (including phenoxy) is 1. The van der Waals surface area contributed by atoms with Crippen molar-refractivity contribution in [2.45, 2.75) is 32.3 Å². The molecule has 0 spiro atoms. The highest BCUT2D eigenvalue weighted by molar-refractivity contribution is 5.95. The molecule has 2 N–H and O–H groups in total. The molecule has 0 unspecified atom stereocenters. The summed E-state index contributed by atoms with van der Waals surface area (Å²) >= 11 is 0. The van der Waals surface area contributed by atoms with Crippen molar-refractivity contribution in [2.75, 3.05) is 33.3 Å². The number of piperidine rings is 1. The van der Waals surface area contributed by atoms with Crippen molar-refractivity contribution in [3.8, 4) is 17.0 Å². The molecule has 3 rings (SSSR count). The van der Waals surface area contributed by atoms with E-state index in [0.717, 1.165) is 55.8 Å². The van der Waals surface area contributed by atoms with E-state index >= 15 is 0 Å². The van der Waals surface area contributed by atoms with Crippen LogP contribution in [0.4, 0.5) is 0 Å². The number of aryl methyl sites for hydroxylation is 1. The van der Waals surface area contributed by atoms with Gasteiger partial charge in [0.2, 0.25) is 0 Å². The van der Waals surface area contributed by atoms with E-state index in [0.29, 0.717) is 17.9 Å². The van der Waals surface area contributed by atoms with Crippen LogP contribution < -0.4 is 10.1 Å².